The lowest BCUT2D eigenvalue weighted by Gasteiger charge is -2.02. The van der Waals surface area contributed by atoms with Gasteiger partial charge in [0, 0.05) is 16.3 Å². The molecule has 0 aliphatic heterocycles. The van der Waals surface area contributed by atoms with Crippen LogP contribution in [0.25, 0.3) is 50.5 Å². The highest BCUT2D eigenvalue weighted by Crippen LogP contribution is 2.33. The maximum absolute atomic E-state index is 6.28. The van der Waals surface area contributed by atoms with Crippen molar-refractivity contribution < 1.29 is 8.94 Å². The predicted octanol–water partition coefficient (Wildman–Crippen LogP) is 5.35. The molecule has 4 aromatic heterocycles. The predicted molar refractivity (Wildman–Crippen MR) is 122 cm³/mol. The number of hydrogen-bond acceptors (Lipinski definition) is 8. The zero-order valence-corrected chi connectivity index (χ0v) is 17.7. The van der Waals surface area contributed by atoms with Crippen LogP contribution < -0.4 is 5.73 Å². The van der Waals surface area contributed by atoms with Crippen LogP contribution in [0.2, 0.25) is 0 Å². The molecule has 0 saturated heterocycles. The van der Waals surface area contributed by atoms with Crippen molar-refractivity contribution in [3.8, 4) is 39.6 Å². The number of thiazole rings is 1. The Kier molecular flexibility index (Phi) is 4.15. The van der Waals surface area contributed by atoms with Crippen LogP contribution in [0, 0.1) is 6.92 Å². The first kappa shape index (κ1) is 18.5. The van der Waals surface area contributed by atoms with E-state index in [1.54, 1.807) is 4.68 Å². The van der Waals surface area contributed by atoms with Crippen LogP contribution >= 0.6 is 11.3 Å². The summed E-state index contributed by atoms with van der Waals surface area (Å²) in [5, 5.41) is 12.4. The van der Waals surface area contributed by atoms with Gasteiger partial charge in [0.15, 0.2) is 10.8 Å². The van der Waals surface area contributed by atoms with Crippen LogP contribution in [0.15, 0.2) is 75.0 Å². The minimum absolute atomic E-state index is 0.311. The van der Waals surface area contributed by atoms with E-state index in [-0.39, 0.29) is 0 Å². The van der Waals surface area contributed by atoms with Crippen molar-refractivity contribution in [1.82, 2.24) is 24.9 Å². The number of nitrogens with zero attached hydrogens (tertiary/aromatic N) is 5. The third kappa shape index (κ3) is 2.98. The third-order valence-corrected chi connectivity index (χ3v) is 6.02. The van der Waals surface area contributed by atoms with Crippen molar-refractivity contribution in [3.63, 3.8) is 0 Å². The van der Waals surface area contributed by atoms with Crippen LogP contribution in [-0.2, 0) is 0 Å². The number of para-hydroxylation sites is 2. The second-order valence-electron chi connectivity index (χ2n) is 7.22. The van der Waals surface area contributed by atoms with Crippen LogP contribution in [0.4, 0.5) is 5.82 Å². The molecule has 32 heavy (non-hydrogen) atoms. The van der Waals surface area contributed by atoms with Gasteiger partial charge in [-0.3, -0.25) is 0 Å². The smallest absolute Gasteiger partial charge is 0.277 e. The molecule has 4 heterocycles. The Balaban J connectivity index is 1.34. The molecule has 0 radical (unpaired) electrons. The highest BCUT2D eigenvalue weighted by Gasteiger charge is 2.21. The number of fused-ring (bicyclic) bond motifs is 1. The lowest BCUT2D eigenvalue weighted by atomic mass is 10.2. The fourth-order valence-electron chi connectivity index (χ4n) is 3.48. The highest BCUT2D eigenvalue weighted by atomic mass is 32.1. The average Bonchev–Trinajstić information content (AvgIpc) is 3.61. The molecule has 0 amide bonds. The van der Waals surface area contributed by atoms with Crippen molar-refractivity contribution in [2.75, 3.05) is 5.73 Å². The summed E-state index contributed by atoms with van der Waals surface area (Å²) in [7, 11) is 0. The number of hydrogen-bond donors (Lipinski definition) is 1. The number of rotatable bonds is 4. The molecule has 6 rings (SSSR count). The Labute approximate surface area is 185 Å². The Hall–Kier alpha value is -4.24. The number of aromatic nitrogens is 5. The van der Waals surface area contributed by atoms with Gasteiger partial charge in [-0.15, -0.1) is 11.3 Å². The van der Waals surface area contributed by atoms with Gasteiger partial charge in [-0.1, -0.05) is 41.6 Å². The van der Waals surface area contributed by atoms with Gasteiger partial charge >= 0.3 is 0 Å². The monoisotopic (exact) mass is 440 g/mol. The number of anilines is 1. The summed E-state index contributed by atoms with van der Waals surface area (Å²) >= 11 is 1.45. The molecule has 0 bridgehead atoms. The Morgan fingerprint density at radius 1 is 1.00 bits per heavy atom. The van der Waals surface area contributed by atoms with E-state index in [2.05, 4.69) is 20.2 Å². The molecule has 2 N–H and O–H groups in total. The molecule has 156 valence electrons. The van der Waals surface area contributed by atoms with Crippen molar-refractivity contribution >= 4 is 28.1 Å². The van der Waals surface area contributed by atoms with Crippen molar-refractivity contribution in [2.24, 2.45) is 0 Å². The van der Waals surface area contributed by atoms with E-state index in [0.29, 0.717) is 34.7 Å². The number of nitrogens with two attached hydrogens (primary N) is 1. The molecule has 0 unspecified atom stereocenters. The molecule has 6 aromatic rings. The molecular weight excluding hydrogens is 424 g/mol. The summed E-state index contributed by atoms with van der Waals surface area (Å²) in [5.41, 5.74) is 9.89. The fourth-order valence-corrected chi connectivity index (χ4v) is 4.23. The van der Waals surface area contributed by atoms with Gasteiger partial charge < -0.3 is 14.7 Å². The lowest BCUT2D eigenvalue weighted by molar-refractivity contribution is 0.431. The molecule has 8 nitrogen and oxygen atoms in total. The van der Waals surface area contributed by atoms with E-state index in [9.17, 15) is 0 Å². The van der Waals surface area contributed by atoms with Crippen molar-refractivity contribution in [1.29, 1.82) is 0 Å². The van der Waals surface area contributed by atoms with E-state index in [0.717, 1.165) is 27.2 Å². The maximum atomic E-state index is 6.28. The fraction of sp³-hybridized carbons (Fsp3) is 0.0435. The minimum atomic E-state index is 0.311. The van der Waals surface area contributed by atoms with E-state index >= 15 is 0 Å². The van der Waals surface area contributed by atoms with E-state index in [1.165, 1.54) is 11.3 Å². The molecule has 0 aliphatic rings. The van der Waals surface area contributed by atoms with Crippen LogP contribution in [-0.4, -0.2) is 24.9 Å². The molecule has 0 fully saturated rings. The Morgan fingerprint density at radius 2 is 1.81 bits per heavy atom. The first-order valence-corrected chi connectivity index (χ1v) is 10.7. The standard InChI is InChI=1S/C23H16N6O2S/c1-13-19(27-29(20(13)24)15-8-3-2-4-9-15)21-26-22(31-28-21)16-12-32-23(25-16)18-11-14-7-5-6-10-17(14)30-18/h2-12H,24H2,1H3. The summed E-state index contributed by atoms with van der Waals surface area (Å²) in [6.07, 6.45) is 0. The molecule has 0 aliphatic carbocycles. The van der Waals surface area contributed by atoms with Crippen molar-refractivity contribution in [2.45, 2.75) is 6.92 Å². The van der Waals surface area contributed by atoms with E-state index in [1.807, 2.05) is 73.0 Å². The Morgan fingerprint density at radius 3 is 2.66 bits per heavy atom. The lowest BCUT2D eigenvalue weighted by Crippen LogP contribution is -2.01. The van der Waals surface area contributed by atoms with Gasteiger partial charge in [-0.2, -0.15) is 10.1 Å². The molecule has 2 aromatic carbocycles. The topological polar surface area (TPSA) is 109 Å². The zero-order valence-electron chi connectivity index (χ0n) is 16.9. The average molecular weight is 440 g/mol. The van der Waals surface area contributed by atoms with E-state index in [4.69, 9.17) is 14.7 Å². The number of benzene rings is 2. The molecule has 9 heteroatoms. The largest absolute Gasteiger partial charge is 0.454 e. The van der Waals surface area contributed by atoms with Gasteiger partial charge in [0.25, 0.3) is 5.89 Å². The quantitative estimate of drug-likeness (QED) is 0.393. The Bertz CT molecular complexity index is 1530. The first-order chi connectivity index (χ1) is 15.7. The number of nitrogen functional groups attached to an aromatic ring is 1. The van der Waals surface area contributed by atoms with Gasteiger partial charge in [0.05, 0.1) is 5.69 Å². The highest BCUT2D eigenvalue weighted by molar-refractivity contribution is 7.13. The molecule has 0 atom stereocenters. The zero-order chi connectivity index (χ0) is 21.7. The van der Waals surface area contributed by atoms with Gasteiger partial charge in [0.1, 0.15) is 22.8 Å². The number of furan rings is 1. The van der Waals surface area contributed by atoms with Crippen LogP contribution in [0.1, 0.15) is 5.56 Å². The summed E-state index contributed by atoms with van der Waals surface area (Å²) < 4.78 is 13.1. The van der Waals surface area contributed by atoms with Crippen LogP contribution in [0.3, 0.4) is 0 Å². The maximum Gasteiger partial charge on any atom is 0.277 e. The summed E-state index contributed by atoms with van der Waals surface area (Å²) in [6.45, 7) is 1.88. The van der Waals surface area contributed by atoms with Crippen molar-refractivity contribution in [3.05, 3.63) is 71.6 Å². The summed E-state index contributed by atoms with van der Waals surface area (Å²) in [4.78, 5) is 9.14. The van der Waals surface area contributed by atoms with E-state index < -0.39 is 0 Å². The van der Waals surface area contributed by atoms with Gasteiger partial charge in [-0.05, 0) is 31.2 Å². The molecule has 0 spiro atoms. The van der Waals surface area contributed by atoms with Crippen LogP contribution in [0.5, 0.6) is 0 Å². The van der Waals surface area contributed by atoms with Gasteiger partial charge in [-0.25, -0.2) is 9.67 Å². The molecule has 0 saturated carbocycles. The second-order valence-corrected chi connectivity index (χ2v) is 8.07. The second kappa shape index (κ2) is 7.17. The summed E-state index contributed by atoms with van der Waals surface area (Å²) in [5.74, 6) is 1.90. The normalized spacial score (nSPS) is 11.4. The minimum Gasteiger partial charge on any atom is -0.454 e. The van der Waals surface area contributed by atoms with Gasteiger partial charge in [0.2, 0.25) is 5.82 Å². The summed E-state index contributed by atoms with van der Waals surface area (Å²) in [6, 6.07) is 19.5. The third-order valence-electron chi connectivity index (χ3n) is 5.17. The SMILES string of the molecule is Cc1c(-c2noc(-c3csc(-c4cc5ccccc5o4)n3)n2)nn(-c2ccccc2)c1N. The first-order valence-electron chi connectivity index (χ1n) is 9.87. The molecular formula is C23H16N6O2S.